The Morgan fingerprint density at radius 3 is 2.29 bits per heavy atom. The van der Waals surface area contributed by atoms with Gasteiger partial charge in [-0.05, 0) is 73.8 Å². The van der Waals surface area contributed by atoms with E-state index in [1.807, 2.05) is 0 Å². The van der Waals surface area contributed by atoms with E-state index in [0.717, 1.165) is 55.7 Å². The van der Waals surface area contributed by atoms with Crippen molar-refractivity contribution in [3.05, 3.63) is 70.2 Å². The normalized spacial score (nSPS) is 20.6. The molecule has 2 fully saturated rings. The van der Waals surface area contributed by atoms with E-state index in [9.17, 15) is 18.0 Å². The smallest absolute Gasteiger partial charge is 0.305 e. The van der Waals surface area contributed by atoms with Gasteiger partial charge in [-0.2, -0.15) is 13.2 Å². The monoisotopic (exact) mass is 446 g/mol. The first-order valence-corrected chi connectivity index (χ1v) is 10.6. The molecule has 0 bridgehead atoms. The van der Waals surface area contributed by atoms with Crippen LogP contribution in [0.5, 0.6) is 0 Å². The zero-order valence-electron chi connectivity index (χ0n) is 16.8. The Morgan fingerprint density at radius 1 is 1.10 bits per heavy atom. The third-order valence-electron chi connectivity index (χ3n) is 6.25. The van der Waals surface area contributed by atoms with Crippen LogP contribution in [0.4, 0.5) is 13.2 Å². The van der Waals surface area contributed by atoms with E-state index in [4.69, 9.17) is 11.6 Å². The highest BCUT2D eigenvalue weighted by atomic mass is 35.5. The summed E-state index contributed by atoms with van der Waals surface area (Å²) in [5.74, 6) is 5.57. The number of carbonyl (C=O) groups excluding carboxylic acids is 1. The number of piperidine rings is 1. The minimum Gasteiger partial charge on any atom is -0.305 e. The highest BCUT2D eigenvalue weighted by Crippen LogP contribution is 2.41. The van der Waals surface area contributed by atoms with Gasteiger partial charge in [-0.25, -0.2) is 0 Å². The van der Waals surface area contributed by atoms with Crippen LogP contribution in [0.25, 0.3) is 0 Å². The molecule has 2 aromatic rings. The van der Waals surface area contributed by atoms with Gasteiger partial charge in [-0.3, -0.25) is 9.69 Å². The number of alkyl halides is 3. The highest BCUT2D eigenvalue weighted by molar-refractivity contribution is 6.30. The minimum absolute atomic E-state index is 0.0810. The van der Waals surface area contributed by atoms with Crippen molar-refractivity contribution >= 4 is 17.4 Å². The molecule has 3 nitrogen and oxygen atoms in total. The summed E-state index contributed by atoms with van der Waals surface area (Å²) in [6.07, 6.45) is -2.59. The summed E-state index contributed by atoms with van der Waals surface area (Å²) in [6.45, 7) is 3.00. The Hall–Kier alpha value is -2.33. The molecule has 7 heteroatoms. The Kier molecular flexibility index (Phi) is 6.11. The quantitative estimate of drug-likeness (QED) is 0.703. The van der Waals surface area contributed by atoms with Crippen molar-refractivity contribution in [3.63, 3.8) is 0 Å². The summed E-state index contributed by atoms with van der Waals surface area (Å²) < 4.78 is 38.2. The van der Waals surface area contributed by atoms with Crippen molar-refractivity contribution in [2.75, 3.05) is 19.6 Å². The number of likely N-dealkylation sites (tertiary alicyclic amines) is 1. The van der Waals surface area contributed by atoms with Gasteiger partial charge in [0.2, 0.25) is 5.78 Å². The Balaban J connectivity index is 1.32. The van der Waals surface area contributed by atoms with Crippen molar-refractivity contribution in [1.82, 2.24) is 10.2 Å². The van der Waals surface area contributed by atoms with Gasteiger partial charge in [0.25, 0.3) is 0 Å². The molecule has 2 heterocycles. The first-order chi connectivity index (χ1) is 14.7. The summed E-state index contributed by atoms with van der Waals surface area (Å²) in [6, 6.07) is 12.1. The van der Waals surface area contributed by atoms with Crippen LogP contribution in [0.3, 0.4) is 0 Å². The van der Waals surface area contributed by atoms with Gasteiger partial charge in [0.05, 0.1) is 11.6 Å². The van der Waals surface area contributed by atoms with Crippen LogP contribution in [0, 0.1) is 17.3 Å². The van der Waals surface area contributed by atoms with Crippen LogP contribution < -0.4 is 5.32 Å². The van der Waals surface area contributed by atoms with E-state index in [2.05, 4.69) is 22.1 Å². The maximum Gasteiger partial charge on any atom is 0.416 e. The standard InChI is InChI=1S/C24H22ClF3N2O/c25-20-8-3-17(4-9-20)5-10-21(31)22-23(16-29-22)11-13-30(14-12-23)15-18-1-6-19(7-2-18)24(26,27)28/h1-4,6-9,22,29H,11-16H2. The van der Waals surface area contributed by atoms with Crippen molar-refractivity contribution in [2.24, 2.45) is 5.41 Å². The number of hydrogen-bond acceptors (Lipinski definition) is 3. The number of carbonyl (C=O) groups is 1. The number of rotatable bonds is 3. The van der Waals surface area contributed by atoms with E-state index in [-0.39, 0.29) is 17.2 Å². The molecule has 31 heavy (non-hydrogen) atoms. The average Bonchev–Trinajstić information content (AvgIpc) is 2.73. The molecule has 1 unspecified atom stereocenters. The predicted octanol–water partition coefficient (Wildman–Crippen LogP) is 4.53. The van der Waals surface area contributed by atoms with Gasteiger partial charge in [0, 0.05) is 29.1 Å². The van der Waals surface area contributed by atoms with Crippen LogP contribution >= 0.6 is 11.6 Å². The number of Topliss-reactive ketones (excluding diaryl/α,β-unsaturated/α-hetero) is 1. The molecule has 2 aromatic carbocycles. The third kappa shape index (κ3) is 4.95. The molecule has 162 valence electrons. The molecule has 2 saturated heterocycles. The van der Waals surface area contributed by atoms with E-state index in [1.165, 1.54) is 12.1 Å². The molecular formula is C24H22ClF3N2O. The molecule has 1 N–H and O–H groups in total. The molecule has 4 rings (SSSR count). The maximum atomic E-state index is 12.7. The lowest BCUT2D eigenvalue weighted by atomic mass is 9.65. The summed E-state index contributed by atoms with van der Waals surface area (Å²) in [5, 5.41) is 3.86. The van der Waals surface area contributed by atoms with Crippen LogP contribution in [0.15, 0.2) is 48.5 Å². The van der Waals surface area contributed by atoms with Crippen molar-refractivity contribution in [2.45, 2.75) is 31.6 Å². The second-order valence-corrected chi connectivity index (χ2v) is 8.70. The predicted molar refractivity (Wildman–Crippen MR) is 114 cm³/mol. The topological polar surface area (TPSA) is 32.3 Å². The number of halogens is 4. The first-order valence-electron chi connectivity index (χ1n) is 10.2. The molecule has 0 amide bonds. The number of nitrogens with one attached hydrogen (secondary N) is 1. The van der Waals surface area contributed by atoms with Crippen molar-refractivity contribution in [3.8, 4) is 11.8 Å². The Morgan fingerprint density at radius 2 is 1.74 bits per heavy atom. The molecule has 1 atom stereocenters. The number of nitrogens with zero attached hydrogens (tertiary/aromatic N) is 1. The number of ketones is 1. The van der Waals surface area contributed by atoms with Gasteiger partial charge >= 0.3 is 6.18 Å². The Labute approximate surface area is 184 Å². The van der Waals surface area contributed by atoms with Crippen molar-refractivity contribution in [1.29, 1.82) is 0 Å². The molecule has 1 spiro atoms. The molecule has 0 saturated carbocycles. The van der Waals surface area contributed by atoms with E-state index in [1.54, 1.807) is 24.3 Å². The SMILES string of the molecule is O=C(C#Cc1ccc(Cl)cc1)C1NCC12CCN(Cc1ccc(C(F)(F)F)cc1)CC2. The lowest BCUT2D eigenvalue weighted by Crippen LogP contribution is -2.68. The molecule has 0 aromatic heterocycles. The highest BCUT2D eigenvalue weighted by Gasteiger charge is 2.51. The van der Waals surface area contributed by atoms with Crippen LogP contribution in [-0.4, -0.2) is 36.4 Å². The lowest BCUT2D eigenvalue weighted by Gasteiger charge is -2.53. The van der Waals surface area contributed by atoms with Crippen LogP contribution in [0.2, 0.25) is 5.02 Å². The summed E-state index contributed by atoms with van der Waals surface area (Å²) in [7, 11) is 0. The zero-order valence-corrected chi connectivity index (χ0v) is 17.6. The second-order valence-electron chi connectivity index (χ2n) is 8.27. The average molecular weight is 447 g/mol. The number of benzene rings is 2. The van der Waals surface area contributed by atoms with Gasteiger partial charge < -0.3 is 5.32 Å². The molecule has 0 aliphatic carbocycles. The van der Waals surface area contributed by atoms with Crippen molar-refractivity contribution < 1.29 is 18.0 Å². The van der Waals surface area contributed by atoms with E-state index < -0.39 is 11.7 Å². The second kappa shape index (κ2) is 8.66. The van der Waals surface area contributed by atoms with Crippen LogP contribution in [-0.2, 0) is 17.5 Å². The van der Waals surface area contributed by atoms with E-state index in [0.29, 0.717) is 11.6 Å². The molecule has 0 radical (unpaired) electrons. The van der Waals surface area contributed by atoms with E-state index >= 15 is 0 Å². The molecule has 2 aliphatic heterocycles. The van der Waals surface area contributed by atoms with Gasteiger partial charge in [-0.1, -0.05) is 29.7 Å². The Bertz CT molecular complexity index is 998. The largest absolute Gasteiger partial charge is 0.416 e. The van der Waals surface area contributed by atoms with Gasteiger partial charge in [0.1, 0.15) is 0 Å². The summed E-state index contributed by atoms with van der Waals surface area (Å²) in [4.78, 5) is 14.9. The zero-order chi connectivity index (χ0) is 22.1. The first kappa shape index (κ1) is 21.9. The molecular weight excluding hydrogens is 425 g/mol. The molecule has 2 aliphatic rings. The minimum atomic E-state index is -4.31. The fourth-order valence-electron chi connectivity index (χ4n) is 4.28. The summed E-state index contributed by atoms with van der Waals surface area (Å²) in [5.41, 5.74) is 0.896. The van der Waals surface area contributed by atoms with Gasteiger partial charge in [-0.15, -0.1) is 0 Å². The fraction of sp³-hybridized carbons (Fsp3) is 0.375. The van der Waals surface area contributed by atoms with Gasteiger partial charge in [0.15, 0.2) is 0 Å². The number of hydrogen-bond donors (Lipinski definition) is 1. The van der Waals surface area contributed by atoms with Crippen LogP contribution in [0.1, 0.15) is 29.5 Å². The maximum absolute atomic E-state index is 12.7. The lowest BCUT2D eigenvalue weighted by molar-refractivity contribution is -0.137. The third-order valence-corrected chi connectivity index (χ3v) is 6.50. The fourth-order valence-corrected chi connectivity index (χ4v) is 4.41. The summed E-state index contributed by atoms with van der Waals surface area (Å²) >= 11 is 5.87.